The molecule has 0 saturated heterocycles. The third-order valence-electron chi connectivity index (χ3n) is 2.61. The Labute approximate surface area is 105 Å². The van der Waals surface area contributed by atoms with Crippen LogP contribution in [-0.2, 0) is 6.54 Å². The summed E-state index contributed by atoms with van der Waals surface area (Å²) >= 11 is 0. The second-order valence-corrected chi connectivity index (χ2v) is 3.91. The molecule has 2 rings (SSSR count). The van der Waals surface area contributed by atoms with Crippen molar-refractivity contribution in [2.45, 2.75) is 6.54 Å². The van der Waals surface area contributed by atoms with Gasteiger partial charge in [0.25, 0.3) is 0 Å². The van der Waals surface area contributed by atoms with E-state index in [9.17, 15) is 4.39 Å². The highest BCUT2D eigenvalue weighted by Crippen LogP contribution is 2.24. The lowest BCUT2D eigenvalue weighted by molar-refractivity contribution is 0.624. The molecule has 1 aromatic carbocycles. The van der Waals surface area contributed by atoms with Crippen LogP contribution in [0.25, 0.3) is 11.1 Å². The highest BCUT2D eigenvalue weighted by Gasteiger charge is 2.07. The van der Waals surface area contributed by atoms with Crippen molar-refractivity contribution >= 4 is 0 Å². The highest BCUT2D eigenvalue weighted by molar-refractivity contribution is 5.67. The molecular weight excluding hydrogens is 229 g/mol. The van der Waals surface area contributed by atoms with Gasteiger partial charge in [0.1, 0.15) is 11.9 Å². The molecule has 3 nitrogen and oxygen atoms in total. The van der Waals surface area contributed by atoms with Gasteiger partial charge in [0.05, 0.1) is 5.56 Å². The quantitative estimate of drug-likeness (QED) is 0.898. The van der Waals surface area contributed by atoms with Crippen molar-refractivity contribution in [1.29, 1.82) is 5.26 Å². The van der Waals surface area contributed by atoms with Crippen LogP contribution in [0.1, 0.15) is 11.1 Å². The van der Waals surface area contributed by atoms with E-state index in [1.54, 1.807) is 25.4 Å². The maximum Gasteiger partial charge on any atom is 0.123 e. The molecular formula is C14H12FN3. The van der Waals surface area contributed by atoms with Crippen LogP contribution < -0.4 is 5.32 Å². The van der Waals surface area contributed by atoms with Gasteiger partial charge in [0.2, 0.25) is 0 Å². The molecule has 1 heterocycles. The molecule has 1 N–H and O–H groups in total. The van der Waals surface area contributed by atoms with Crippen LogP contribution in [0.15, 0.2) is 36.7 Å². The Kier molecular flexibility index (Phi) is 3.66. The van der Waals surface area contributed by atoms with Gasteiger partial charge in [-0.1, -0.05) is 6.07 Å². The number of nitrogens with one attached hydrogen (secondary N) is 1. The Morgan fingerprint density at radius 3 is 2.89 bits per heavy atom. The minimum absolute atomic E-state index is 0.270. The number of hydrogen-bond donors (Lipinski definition) is 1. The first-order valence-electron chi connectivity index (χ1n) is 5.53. The maximum absolute atomic E-state index is 13.2. The van der Waals surface area contributed by atoms with E-state index in [0.717, 1.165) is 16.7 Å². The predicted octanol–water partition coefficient (Wildman–Crippen LogP) is 2.48. The van der Waals surface area contributed by atoms with Crippen molar-refractivity contribution in [3.8, 4) is 17.2 Å². The van der Waals surface area contributed by atoms with Crippen LogP contribution >= 0.6 is 0 Å². The van der Waals surface area contributed by atoms with Gasteiger partial charge in [0, 0.05) is 24.5 Å². The van der Waals surface area contributed by atoms with Crippen molar-refractivity contribution in [3.05, 3.63) is 53.6 Å². The van der Waals surface area contributed by atoms with Crippen LogP contribution in [0, 0.1) is 17.1 Å². The summed E-state index contributed by atoms with van der Waals surface area (Å²) in [6.45, 7) is 0.559. The molecule has 0 radical (unpaired) electrons. The predicted molar refractivity (Wildman–Crippen MR) is 67.1 cm³/mol. The van der Waals surface area contributed by atoms with Crippen molar-refractivity contribution < 1.29 is 4.39 Å². The van der Waals surface area contributed by atoms with Gasteiger partial charge in [-0.25, -0.2) is 4.39 Å². The zero-order chi connectivity index (χ0) is 13.0. The number of pyridine rings is 1. The van der Waals surface area contributed by atoms with Crippen LogP contribution in [0.3, 0.4) is 0 Å². The topological polar surface area (TPSA) is 48.7 Å². The van der Waals surface area contributed by atoms with Crippen LogP contribution in [0.4, 0.5) is 4.39 Å². The number of rotatable bonds is 3. The summed E-state index contributed by atoms with van der Waals surface area (Å²) in [4.78, 5) is 4.02. The van der Waals surface area contributed by atoms with E-state index < -0.39 is 0 Å². The molecule has 0 unspecified atom stereocenters. The summed E-state index contributed by atoms with van der Waals surface area (Å²) in [5, 5.41) is 11.9. The minimum atomic E-state index is -0.270. The van der Waals surface area contributed by atoms with E-state index >= 15 is 0 Å². The standard InChI is InChI=1S/C14H12FN3/c1-17-8-12-5-13(15)2-3-14(12)11-4-10(6-16)7-18-9-11/h2-5,7,9,17H,8H2,1H3. The molecule has 18 heavy (non-hydrogen) atoms. The summed E-state index contributed by atoms with van der Waals surface area (Å²) in [6.07, 6.45) is 3.18. The molecule has 2 aromatic rings. The number of nitriles is 1. The molecule has 0 atom stereocenters. The average molecular weight is 241 g/mol. The van der Waals surface area contributed by atoms with Crippen LogP contribution in [-0.4, -0.2) is 12.0 Å². The average Bonchev–Trinajstić information content (AvgIpc) is 2.39. The van der Waals surface area contributed by atoms with Crippen LogP contribution in [0.2, 0.25) is 0 Å². The first-order chi connectivity index (χ1) is 8.74. The summed E-state index contributed by atoms with van der Waals surface area (Å²) in [7, 11) is 1.80. The fourth-order valence-electron chi connectivity index (χ4n) is 1.83. The van der Waals surface area contributed by atoms with Gasteiger partial charge < -0.3 is 5.32 Å². The van der Waals surface area contributed by atoms with Crippen molar-refractivity contribution in [3.63, 3.8) is 0 Å². The molecule has 0 fully saturated rings. The van der Waals surface area contributed by atoms with Crippen molar-refractivity contribution in [1.82, 2.24) is 10.3 Å². The smallest absolute Gasteiger partial charge is 0.123 e. The molecule has 0 aliphatic carbocycles. The van der Waals surface area contributed by atoms with E-state index in [2.05, 4.69) is 10.3 Å². The Morgan fingerprint density at radius 1 is 1.33 bits per heavy atom. The number of halogens is 1. The molecule has 0 aliphatic rings. The lowest BCUT2D eigenvalue weighted by Crippen LogP contribution is -2.06. The second-order valence-electron chi connectivity index (χ2n) is 3.91. The Hall–Kier alpha value is -2.25. The monoisotopic (exact) mass is 241 g/mol. The van der Waals surface area contributed by atoms with Gasteiger partial charge in [-0.2, -0.15) is 5.26 Å². The van der Waals surface area contributed by atoms with Crippen molar-refractivity contribution in [2.24, 2.45) is 0 Å². The summed E-state index contributed by atoms with van der Waals surface area (Å²) in [6, 6.07) is 8.41. The second kappa shape index (κ2) is 5.39. The molecule has 1 aromatic heterocycles. The highest BCUT2D eigenvalue weighted by atomic mass is 19.1. The van der Waals surface area contributed by atoms with E-state index in [4.69, 9.17) is 5.26 Å². The zero-order valence-electron chi connectivity index (χ0n) is 9.94. The summed E-state index contributed by atoms with van der Waals surface area (Å²) in [5.74, 6) is -0.270. The van der Waals surface area contributed by atoms with Gasteiger partial charge in [-0.15, -0.1) is 0 Å². The van der Waals surface area contributed by atoms with Crippen molar-refractivity contribution in [2.75, 3.05) is 7.05 Å². The molecule has 0 aliphatic heterocycles. The van der Waals surface area contributed by atoms with E-state index in [-0.39, 0.29) is 5.82 Å². The van der Waals surface area contributed by atoms with Gasteiger partial charge in [0.15, 0.2) is 0 Å². The molecule has 0 amide bonds. The molecule has 90 valence electrons. The number of nitrogens with zero attached hydrogens (tertiary/aromatic N) is 2. The SMILES string of the molecule is CNCc1cc(F)ccc1-c1cncc(C#N)c1. The lowest BCUT2D eigenvalue weighted by Gasteiger charge is -2.09. The number of aromatic nitrogens is 1. The third kappa shape index (κ3) is 2.53. The van der Waals surface area contributed by atoms with Crippen LogP contribution in [0.5, 0.6) is 0 Å². The lowest BCUT2D eigenvalue weighted by atomic mass is 10.00. The molecule has 4 heteroatoms. The summed E-state index contributed by atoms with van der Waals surface area (Å²) < 4.78 is 13.2. The fourth-order valence-corrected chi connectivity index (χ4v) is 1.83. The normalized spacial score (nSPS) is 10.1. The van der Waals surface area contributed by atoms with Gasteiger partial charge in [-0.05, 0) is 36.4 Å². The fraction of sp³-hybridized carbons (Fsp3) is 0.143. The molecule has 0 spiro atoms. The number of hydrogen-bond acceptors (Lipinski definition) is 3. The first-order valence-corrected chi connectivity index (χ1v) is 5.53. The third-order valence-corrected chi connectivity index (χ3v) is 2.61. The minimum Gasteiger partial charge on any atom is -0.316 e. The first kappa shape index (κ1) is 12.2. The van der Waals surface area contributed by atoms with Gasteiger partial charge in [-0.3, -0.25) is 4.98 Å². The zero-order valence-corrected chi connectivity index (χ0v) is 9.94. The molecule has 0 bridgehead atoms. The maximum atomic E-state index is 13.2. The van der Waals surface area contributed by atoms with E-state index in [1.165, 1.54) is 18.3 Å². The van der Waals surface area contributed by atoms with E-state index in [1.807, 2.05) is 6.07 Å². The Morgan fingerprint density at radius 2 is 2.17 bits per heavy atom. The number of benzene rings is 1. The summed E-state index contributed by atoms with van der Waals surface area (Å²) in [5.41, 5.74) is 3.04. The largest absolute Gasteiger partial charge is 0.316 e. The Bertz CT molecular complexity index is 602. The van der Waals surface area contributed by atoms with E-state index in [0.29, 0.717) is 12.1 Å². The molecule has 0 saturated carbocycles. The van der Waals surface area contributed by atoms with Gasteiger partial charge >= 0.3 is 0 Å². The Balaban J connectivity index is 2.52.